The van der Waals surface area contributed by atoms with Gasteiger partial charge in [0.25, 0.3) is 0 Å². The Morgan fingerprint density at radius 2 is 1.83 bits per heavy atom. The van der Waals surface area contributed by atoms with Gasteiger partial charge in [0.1, 0.15) is 0 Å². The van der Waals surface area contributed by atoms with E-state index in [9.17, 15) is 24.3 Å². The van der Waals surface area contributed by atoms with Crippen LogP contribution in [0, 0.1) is 12.8 Å². The molecule has 0 aliphatic heterocycles. The number of anilines is 1. The Labute approximate surface area is 171 Å². The molecule has 0 saturated heterocycles. The molecule has 3 amide bonds. The van der Waals surface area contributed by atoms with Crippen molar-refractivity contribution in [3.8, 4) is 0 Å². The summed E-state index contributed by atoms with van der Waals surface area (Å²) in [6, 6.07) is 5.21. The predicted octanol–water partition coefficient (Wildman–Crippen LogP) is 2.44. The molecule has 1 heterocycles. The number of thiazole rings is 1. The van der Waals surface area contributed by atoms with E-state index in [1.165, 1.54) is 22.2 Å². The van der Waals surface area contributed by atoms with Crippen LogP contribution in [0.2, 0.25) is 0 Å². The van der Waals surface area contributed by atoms with Crippen molar-refractivity contribution in [3.63, 3.8) is 0 Å². The molecule has 152 valence electrons. The topological polar surface area (TPSA) is 117 Å². The number of carbonyl (C=O) groups is 4. The van der Waals surface area contributed by atoms with Gasteiger partial charge in [0, 0.05) is 11.3 Å². The van der Waals surface area contributed by atoms with Gasteiger partial charge in [-0.3, -0.25) is 14.4 Å². The third-order valence-corrected chi connectivity index (χ3v) is 5.49. The number of carboxylic acid groups (broad SMARTS) is 1. The molecule has 2 aromatic rings. The Balaban J connectivity index is 1.86. The maximum Gasteiger partial charge on any atom is 0.332 e. The third-order valence-electron chi connectivity index (χ3n) is 4.88. The number of hydrogen-bond acceptors (Lipinski definition) is 6. The number of carbonyl (C=O) groups excluding carboxylic acids is 3. The first kappa shape index (κ1) is 20.7. The lowest BCUT2D eigenvalue weighted by molar-refractivity contribution is -0.145. The molecule has 1 unspecified atom stereocenters. The number of aryl methyl sites for hydroxylation is 1. The van der Waals surface area contributed by atoms with E-state index >= 15 is 0 Å². The molecule has 8 nitrogen and oxygen atoms in total. The molecule has 29 heavy (non-hydrogen) atoms. The SMILES string of the molecule is Cc1ccc(N(C(=O)C(=O)NC(C(=O)O)c2cscn2)C(=O)C2CCCC2)cc1. The highest BCUT2D eigenvalue weighted by Gasteiger charge is 2.36. The Morgan fingerprint density at radius 1 is 1.17 bits per heavy atom. The van der Waals surface area contributed by atoms with Crippen LogP contribution >= 0.6 is 11.3 Å². The number of imide groups is 1. The maximum absolute atomic E-state index is 13.0. The second-order valence-corrected chi connectivity index (χ2v) is 7.67. The van der Waals surface area contributed by atoms with E-state index in [1.54, 1.807) is 24.3 Å². The zero-order valence-corrected chi connectivity index (χ0v) is 16.6. The highest BCUT2D eigenvalue weighted by atomic mass is 32.1. The predicted molar refractivity (Wildman–Crippen MR) is 106 cm³/mol. The normalized spacial score (nSPS) is 14.9. The van der Waals surface area contributed by atoms with Crippen molar-refractivity contribution >= 4 is 40.7 Å². The number of nitrogens with zero attached hydrogens (tertiary/aromatic N) is 2. The number of aliphatic carboxylic acids is 1. The van der Waals surface area contributed by atoms with Gasteiger partial charge in [-0.2, -0.15) is 0 Å². The van der Waals surface area contributed by atoms with Crippen molar-refractivity contribution < 1.29 is 24.3 Å². The fourth-order valence-corrected chi connectivity index (χ4v) is 3.89. The molecule has 1 saturated carbocycles. The van der Waals surface area contributed by atoms with Gasteiger partial charge in [0.15, 0.2) is 6.04 Å². The first-order valence-corrected chi connectivity index (χ1v) is 10.2. The van der Waals surface area contributed by atoms with E-state index in [1.807, 2.05) is 6.92 Å². The van der Waals surface area contributed by atoms with Gasteiger partial charge in [-0.25, -0.2) is 14.7 Å². The fourth-order valence-electron chi connectivity index (χ4n) is 3.31. The summed E-state index contributed by atoms with van der Waals surface area (Å²) in [6.07, 6.45) is 3.10. The average Bonchev–Trinajstić information content (AvgIpc) is 3.41. The minimum atomic E-state index is -1.47. The monoisotopic (exact) mass is 415 g/mol. The van der Waals surface area contributed by atoms with E-state index in [0.717, 1.165) is 23.3 Å². The number of nitrogens with one attached hydrogen (secondary N) is 1. The summed E-state index contributed by atoms with van der Waals surface area (Å²) in [5, 5.41) is 13.1. The van der Waals surface area contributed by atoms with E-state index in [0.29, 0.717) is 12.8 Å². The van der Waals surface area contributed by atoms with Crippen molar-refractivity contribution in [3.05, 3.63) is 46.4 Å². The fraction of sp³-hybridized carbons (Fsp3) is 0.350. The third kappa shape index (κ3) is 4.68. The summed E-state index contributed by atoms with van der Waals surface area (Å²) < 4.78 is 0. The molecule has 9 heteroatoms. The number of amides is 3. The molecule has 2 N–H and O–H groups in total. The van der Waals surface area contributed by atoms with Gasteiger partial charge in [-0.1, -0.05) is 30.5 Å². The molecule has 1 aliphatic rings. The zero-order chi connectivity index (χ0) is 21.0. The van der Waals surface area contributed by atoms with E-state index < -0.39 is 29.7 Å². The number of aromatic nitrogens is 1. The van der Waals surface area contributed by atoms with Gasteiger partial charge in [-0.05, 0) is 31.9 Å². The second-order valence-electron chi connectivity index (χ2n) is 6.95. The zero-order valence-electron chi connectivity index (χ0n) is 15.8. The molecule has 1 atom stereocenters. The standard InChI is InChI=1S/C20H21N3O5S/c1-12-6-8-14(9-7-12)23(18(25)13-4-2-3-5-13)19(26)17(24)22-16(20(27)28)15-10-29-11-21-15/h6-11,13,16H,2-5H2,1H3,(H,22,24)(H,27,28). The number of benzene rings is 1. The lowest BCUT2D eigenvalue weighted by Gasteiger charge is -2.24. The highest BCUT2D eigenvalue weighted by molar-refractivity contribution is 7.07. The van der Waals surface area contributed by atoms with Gasteiger partial charge in [0.2, 0.25) is 5.91 Å². The lowest BCUT2D eigenvalue weighted by Crippen LogP contribution is -2.49. The van der Waals surface area contributed by atoms with Crippen LogP contribution in [0.25, 0.3) is 0 Å². The van der Waals surface area contributed by atoms with E-state index in [4.69, 9.17) is 0 Å². The van der Waals surface area contributed by atoms with Crippen LogP contribution < -0.4 is 10.2 Å². The van der Waals surface area contributed by atoms with Crippen molar-refractivity contribution in [1.82, 2.24) is 10.3 Å². The quantitative estimate of drug-likeness (QED) is 0.725. The summed E-state index contributed by atoms with van der Waals surface area (Å²) in [7, 11) is 0. The number of rotatable bonds is 5. The lowest BCUT2D eigenvalue weighted by atomic mass is 10.1. The smallest absolute Gasteiger partial charge is 0.332 e. The summed E-state index contributed by atoms with van der Waals surface area (Å²) in [4.78, 5) is 54.9. The van der Waals surface area contributed by atoms with Crippen molar-refractivity contribution in [2.24, 2.45) is 5.92 Å². The van der Waals surface area contributed by atoms with Gasteiger partial charge in [0.05, 0.1) is 16.9 Å². The van der Waals surface area contributed by atoms with Crippen molar-refractivity contribution in [1.29, 1.82) is 0 Å². The summed E-state index contributed by atoms with van der Waals surface area (Å²) in [6.45, 7) is 1.87. The average molecular weight is 415 g/mol. The van der Waals surface area contributed by atoms with Gasteiger partial charge >= 0.3 is 17.8 Å². The number of carboxylic acids is 1. The molecular formula is C20H21N3O5S. The van der Waals surface area contributed by atoms with Crippen LogP contribution in [0.3, 0.4) is 0 Å². The minimum Gasteiger partial charge on any atom is -0.479 e. The Hall–Kier alpha value is -3.07. The Kier molecular flexibility index (Phi) is 6.38. The first-order chi connectivity index (χ1) is 13.9. The van der Waals surface area contributed by atoms with Crippen LogP contribution in [0.1, 0.15) is 43.0 Å². The van der Waals surface area contributed by atoms with E-state index in [-0.39, 0.29) is 17.3 Å². The molecule has 0 bridgehead atoms. The molecule has 3 rings (SSSR count). The molecule has 1 fully saturated rings. The molecular weight excluding hydrogens is 394 g/mol. The molecule has 0 radical (unpaired) electrons. The van der Waals surface area contributed by atoms with Crippen molar-refractivity contribution in [2.75, 3.05) is 4.90 Å². The molecule has 1 aromatic carbocycles. The van der Waals surface area contributed by atoms with Crippen molar-refractivity contribution in [2.45, 2.75) is 38.6 Å². The van der Waals surface area contributed by atoms with Gasteiger partial charge in [-0.15, -0.1) is 11.3 Å². The highest BCUT2D eigenvalue weighted by Crippen LogP contribution is 2.29. The Morgan fingerprint density at radius 3 is 2.38 bits per heavy atom. The summed E-state index contributed by atoms with van der Waals surface area (Å²) in [5.41, 5.74) is 2.77. The van der Waals surface area contributed by atoms with Crippen LogP contribution in [0.15, 0.2) is 35.2 Å². The van der Waals surface area contributed by atoms with Crippen LogP contribution in [-0.2, 0) is 19.2 Å². The first-order valence-electron chi connectivity index (χ1n) is 9.25. The van der Waals surface area contributed by atoms with Crippen LogP contribution in [0.5, 0.6) is 0 Å². The van der Waals surface area contributed by atoms with Crippen LogP contribution in [0.4, 0.5) is 5.69 Å². The second kappa shape index (κ2) is 8.95. The molecule has 1 aromatic heterocycles. The van der Waals surface area contributed by atoms with E-state index in [2.05, 4.69) is 10.3 Å². The summed E-state index contributed by atoms with van der Waals surface area (Å²) >= 11 is 1.17. The van der Waals surface area contributed by atoms with Gasteiger partial charge < -0.3 is 10.4 Å². The molecule has 0 spiro atoms. The van der Waals surface area contributed by atoms with Crippen LogP contribution in [-0.4, -0.2) is 33.8 Å². The molecule has 1 aliphatic carbocycles. The minimum absolute atomic E-state index is 0.118. The summed E-state index contributed by atoms with van der Waals surface area (Å²) in [5.74, 6) is -4.39. The number of hydrogen-bond donors (Lipinski definition) is 2. The maximum atomic E-state index is 13.0. The largest absolute Gasteiger partial charge is 0.479 e. The Bertz CT molecular complexity index is 905.